The van der Waals surface area contributed by atoms with E-state index in [1.165, 1.54) is 12.0 Å². The number of nitrogens with zero attached hydrogens (tertiary/aromatic N) is 1. The Kier molecular flexibility index (Phi) is 9.45. The zero-order chi connectivity index (χ0) is 32.4. The zero-order valence-electron chi connectivity index (χ0n) is 26.1. The van der Waals surface area contributed by atoms with Crippen LogP contribution in [-0.4, -0.2) is 89.3 Å². The summed E-state index contributed by atoms with van der Waals surface area (Å²) in [7, 11) is 1.18. The van der Waals surface area contributed by atoms with Crippen LogP contribution in [0.15, 0.2) is 24.3 Å². The number of para-hydroxylation sites is 1. The lowest BCUT2D eigenvalue weighted by molar-refractivity contribution is -0.147. The van der Waals surface area contributed by atoms with Gasteiger partial charge < -0.3 is 35.9 Å². The molecular formula is C32H42N6O7. The Morgan fingerprint density at radius 3 is 2.31 bits per heavy atom. The highest BCUT2D eigenvalue weighted by Crippen LogP contribution is 2.33. The molecule has 5 N–H and O–H groups in total. The van der Waals surface area contributed by atoms with Crippen molar-refractivity contribution in [1.82, 2.24) is 31.2 Å². The Labute approximate surface area is 261 Å². The first-order valence-corrected chi connectivity index (χ1v) is 15.6. The number of methoxy groups -OCH3 is 1. The van der Waals surface area contributed by atoms with Crippen LogP contribution in [0.25, 0.3) is 10.9 Å². The number of carbonyl (C=O) groups is 6. The topological polar surface area (TPSA) is 179 Å². The van der Waals surface area contributed by atoms with Crippen LogP contribution in [0, 0.1) is 18.8 Å². The summed E-state index contributed by atoms with van der Waals surface area (Å²) in [5.74, 6) is -3.99. The van der Waals surface area contributed by atoms with Crippen LogP contribution in [0.3, 0.4) is 0 Å². The van der Waals surface area contributed by atoms with Crippen LogP contribution in [-0.2, 0) is 39.9 Å². The third-order valence-electron chi connectivity index (χ3n) is 9.04. The molecule has 13 nitrogen and oxygen atoms in total. The second-order valence-electron chi connectivity index (χ2n) is 12.6. The molecule has 1 aliphatic carbocycles. The molecule has 5 amide bonds. The van der Waals surface area contributed by atoms with Gasteiger partial charge in [-0.2, -0.15) is 0 Å². The van der Waals surface area contributed by atoms with Crippen molar-refractivity contribution in [2.45, 2.75) is 89.5 Å². The first-order valence-electron chi connectivity index (χ1n) is 15.6. The molecule has 1 unspecified atom stereocenters. The second kappa shape index (κ2) is 13.3. The lowest BCUT2D eigenvalue weighted by Crippen LogP contribution is -2.59. The fourth-order valence-electron chi connectivity index (χ4n) is 6.35. The molecule has 3 aliphatic rings. The first kappa shape index (κ1) is 32.0. The molecule has 45 heavy (non-hydrogen) atoms. The van der Waals surface area contributed by atoms with Gasteiger partial charge in [0.2, 0.25) is 29.5 Å². The minimum atomic E-state index is -1.34. The minimum absolute atomic E-state index is 0.0822. The lowest BCUT2D eigenvalue weighted by atomic mass is 10.00. The van der Waals surface area contributed by atoms with E-state index in [4.69, 9.17) is 4.74 Å². The summed E-state index contributed by atoms with van der Waals surface area (Å²) in [6, 6.07) is 2.34. The fourth-order valence-corrected chi connectivity index (χ4v) is 6.35. The van der Waals surface area contributed by atoms with Crippen molar-refractivity contribution >= 4 is 46.4 Å². The SMILES string of the molecule is COC(=O)C[C@H]1NC(=O)[C@@H](Cc2c(C)[nH]c3ccccc23)NC(=O)C(C2CC2)NC(=O)[C@@H](C(C)C)NC(=O)[C@@H]2CCCN2C1=O. The number of rotatable bonds is 6. The van der Waals surface area contributed by atoms with Gasteiger partial charge in [-0.25, -0.2) is 0 Å². The van der Waals surface area contributed by atoms with Gasteiger partial charge in [0.15, 0.2) is 0 Å². The van der Waals surface area contributed by atoms with Gasteiger partial charge >= 0.3 is 5.97 Å². The number of fused-ring (bicyclic) bond motifs is 2. The van der Waals surface area contributed by atoms with Gasteiger partial charge in [-0.15, -0.1) is 0 Å². The third kappa shape index (κ3) is 6.97. The number of nitrogens with one attached hydrogen (secondary N) is 5. The van der Waals surface area contributed by atoms with Crippen LogP contribution in [0.5, 0.6) is 0 Å². The maximum atomic E-state index is 14.0. The highest BCUT2D eigenvalue weighted by Gasteiger charge is 2.44. The predicted molar refractivity (Wildman–Crippen MR) is 163 cm³/mol. The zero-order valence-corrected chi connectivity index (χ0v) is 26.1. The Hall–Kier alpha value is -4.42. The molecular weight excluding hydrogens is 580 g/mol. The van der Waals surface area contributed by atoms with E-state index in [2.05, 4.69) is 26.3 Å². The number of amides is 5. The molecule has 5 rings (SSSR count). The summed E-state index contributed by atoms with van der Waals surface area (Å²) in [4.78, 5) is 85.9. The van der Waals surface area contributed by atoms with Crippen molar-refractivity contribution < 1.29 is 33.5 Å². The number of hydrogen-bond acceptors (Lipinski definition) is 7. The van der Waals surface area contributed by atoms with Gasteiger partial charge in [-0.1, -0.05) is 32.0 Å². The van der Waals surface area contributed by atoms with E-state index >= 15 is 0 Å². The summed E-state index contributed by atoms with van der Waals surface area (Å²) < 4.78 is 4.83. The molecule has 0 bridgehead atoms. The maximum absolute atomic E-state index is 14.0. The number of aryl methyl sites for hydroxylation is 1. The largest absolute Gasteiger partial charge is 0.469 e. The fraction of sp³-hybridized carbons (Fsp3) is 0.562. The van der Waals surface area contributed by atoms with Crippen LogP contribution in [0.1, 0.15) is 57.2 Å². The average molecular weight is 623 g/mol. The molecule has 2 aliphatic heterocycles. The van der Waals surface area contributed by atoms with Gasteiger partial charge in [0.25, 0.3) is 0 Å². The summed E-state index contributed by atoms with van der Waals surface area (Å²) >= 11 is 0. The van der Waals surface area contributed by atoms with E-state index in [0.717, 1.165) is 35.0 Å². The number of ether oxygens (including phenoxy) is 1. The number of esters is 1. The lowest BCUT2D eigenvalue weighted by Gasteiger charge is -2.30. The predicted octanol–water partition coefficient (Wildman–Crippen LogP) is 0.592. The van der Waals surface area contributed by atoms with Gasteiger partial charge in [-0.3, -0.25) is 28.8 Å². The van der Waals surface area contributed by atoms with Gasteiger partial charge in [0.05, 0.1) is 13.5 Å². The van der Waals surface area contributed by atoms with Crippen molar-refractivity contribution in [1.29, 1.82) is 0 Å². The molecule has 0 radical (unpaired) electrons. The molecule has 3 fully saturated rings. The number of benzene rings is 1. The molecule has 3 heterocycles. The highest BCUT2D eigenvalue weighted by atomic mass is 16.5. The van der Waals surface area contributed by atoms with Crippen molar-refractivity contribution in [2.24, 2.45) is 11.8 Å². The Balaban J connectivity index is 1.55. The quantitative estimate of drug-likeness (QED) is 0.293. The van der Waals surface area contributed by atoms with E-state index in [1.807, 2.05) is 31.2 Å². The van der Waals surface area contributed by atoms with E-state index < -0.39 is 72.1 Å². The van der Waals surface area contributed by atoms with Crippen LogP contribution < -0.4 is 21.3 Å². The van der Waals surface area contributed by atoms with Gasteiger partial charge in [0, 0.05) is 29.6 Å². The molecule has 242 valence electrons. The molecule has 5 atom stereocenters. The third-order valence-corrected chi connectivity index (χ3v) is 9.04. The molecule has 1 aromatic carbocycles. The van der Waals surface area contributed by atoms with Gasteiger partial charge in [0.1, 0.15) is 30.2 Å². The maximum Gasteiger partial charge on any atom is 0.308 e. The number of aromatic nitrogens is 1. The molecule has 1 saturated carbocycles. The Morgan fingerprint density at radius 1 is 0.911 bits per heavy atom. The van der Waals surface area contributed by atoms with Crippen LogP contribution in [0.4, 0.5) is 0 Å². The summed E-state index contributed by atoms with van der Waals surface area (Å²) in [5, 5.41) is 12.1. The van der Waals surface area contributed by atoms with Gasteiger partial charge in [-0.05, 0) is 56.1 Å². The number of aromatic amines is 1. The van der Waals surface area contributed by atoms with E-state index in [-0.39, 0.29) is 24.8 Å². The Bertz CT molecular complexity index is 1500. The highest BCUT2D eigenvalue weighted by molar-refractivity contribution is 5.99. The molecule has 13 heteroatoms. The van der Waals surface area contributed by atoms with E-state index in [1.54, 1.807) is 13.8 Å². The first-order chi connectivity index (χ1) is 21.5. The van der Waals surface area contributed by atoms with Crippen molar-refractivity contribution in [3.8, 4) is 0 Å². The molecule has 2 aromatic rings. The van der Waals surface area contributed by atoms with Crippen molar-refractivity contribution in [2.75, 3.05) is 13.7 Å². The van der Waals surface area contributed by atoms with Crippen molar-refractivity contribution in [3.63, 3.8) is 0 Å². The summed E-state index contributed by atoms with van der Waals surface area (Å²) in [6.07, 6.45) is 1.96. The van der Waals surface area contributed by atoms with Crippen LogP contribution >= 0.6 is 0 Å². The number of carbonyl (C=O) groups excluding carboxylic acids is 6. The summed E-state index contributed by atoms with van der Waals surface area (Å²) in [6.45, 7) is 5.69. The van der Waals surface area contributed by atoms with Crippen LogP contribution in [0.2, 0.25) is 0 Å². The van der Waals surface area contributed by atoms with E-state index in [9.17, 15) is 28.8 Å². The molecule has 1 aromatic heterocycles. The normalized spacial score (nSPS) is 26.8. The minimum Gasteiger partial charge on any atom is -0.469 e. The average Bonchev–Trinajstić information content (AvgIpc) is 3.64. The standard InChI is InChI=1S/C32H42N6O7/c1-16(2)26-30(42)37-27(18-11-12-18)31(43)34-22(14-20-17(3)33-21-9-6-5-8-19(20)21)28(40)35-23(15-25(39)45-4)32(44)38-13-7-10-24(38)29(41)36-26/h5-6,8-9,16,18,22-24,26-27,33H,7,10-15H2,1-4H3,(H,34,43)(H,35,40)(H,36,41)(H,37,42)/t22-,23-,24+,26-,27?/m1/s1. The number of hydrogen-bond donors (Lipinski definition) is 5. The Morgan fingerprint density at radius 2 is 1.62 bits per heavy atom. The smallest absolute Gasteiger partial charge is 0.308 e. The van der Waals surface area contributed by atoms with E-state index in [0.29, 0.717) is 12.8 Å². The number of H-pyrrole nitrogens is 1. The molecule has 2 saturated heterocycles. The van der Waals surface area contributed by atoms with Crippen molar-refractivity contribution in [3.05, 3.63) is 35.5 Å². The monoisotopic (exact) mass is 622 g/mol. The second-order valence-corrected chi connectivity index (χ2v) is 12.6. The summed E-state index contributed by atoms with van der Waals surface area (Å²) in [5.41, 5.74) is 2.49. The molecule has 0 spiro atoms.